The maximum atomic E-state index is 11.7. The lowest BCUT2D eigenvalue weighted by Crippen LogP contribution is -2.25. The largest absolute Gasteiger partial charge is 0.312 e. The van der Waals surface area contributed by atoms with Crippen LogP contribution in [0.4, 0.5) is 5.69 Å². The van der Waals surface area contributed by atoms with Crippen LogP contribution < -0.4 is 4.90 Å². The standard InChI is InChI=1S/C13H15NO2/c1-9-3-5-12(6-4-9)14-8-11(10(2)15)7-13(14)16/h3-6,11H,7-8H2,1-2H3/t11-/m0/s1. The number of hydrogen-bond donors (Lipinski definition) is 0. The minimum absolute atomic E-state index is 0.0454. The Bertz CT molecular complexity index is 422. The van der Waals surface area contributed by atoms with Crippen molar-refractivity contribution < 1.29 is 9.59 Å². The zero-order valence-electron chi connectivity index (χ0n) is 9.56. The van der Waals surface area contributed by atoms with Crippen LogP contribution in [0.15, 0.2) is 24.3 Å². The van der Waals surface area contributed by atoms with Gasteiger partial charge in [-0.05, 0) is 26.0 Å². The predicted octanol–water partition coefficient (Wildman–Crippen LogP) is 1.94. The molecule has 84 valence electrons. The Hall–Kier alpha value is -1.64. The quantitative estimate of drug-likeness (QED) is 0.759. The lowest BCUT2D eigenvalue weighted by molar-refractivity contribution is -0.123. The summed E-state index contributed by atoms with van der Waals surface area (Å²) < 4.78 is 0. The molecule has 0 unspecified atom stereocenters. The number of hydrogen-bond acceptors (Lipinski definition) is 2. The summed E-state index contributed by atoms with van der Waals surface area (Å²) in [5, 5.41) is 0. The molecule has 0 N–H and O–H groups in total. The fourth-order valence-electron chi connectivity index (χ4n) is 1.95. The maximum Gasteiger partial charge on any atom is 0.227 e. The second-order valence-corrected chi connectivity index (χ2v) is 4.35. The fourth-order valence-corrected chi connectivity index (χ4v) is 1.95. The number of carbonyl (C=O) groups excluding carboxylic acids is 2. The van der Waals surface area contributed by atoms with Crippen LogP contribution in [0.1, 0.15) is 18.9 Å². The van der Waals surface area contributed by atoms with E-state index >= 15 is 0 Å². The highest BCUT2D eigenvalue weighted by Crippen LogP contribution is 2.25. The second-order valence-electron chi connectivity index (χ2n) is 4.35. The summed E-state index contributed by atoms with van der Waals surface area (Å²) >= 11 is 0. The molecule has 3 nitrogen and oxygen atoms in total. The number of aryl methyl sites for hydroxylation is 1. The minimum Gasteiger partial charge on any atom is -0.312 e. The average Bonchev–Trinajstić information content (AvgIpc) is 2.62. The van der Waals surface area contributed by atoms with E-state index in [4.69, 9.17) is 0 Å². The molecule has 1 saturated heterocycles. The highest BCUT2D eigenvalue weighted by Gasteiger charge is 2.32. The highest BCUT2D eigenvalue weighted by atomic mass is 16.2. The van der Waals surface area contributed by atoms with E-state index in [0.717, 1.165) is 5.69 Å². The summed E-state index contributed by atoms with van der Waals surface area (Å²) in [7, 11) is 0. The molecule has 1 heterocycles. The van der Waals surface area contributed by atoms with Crippen molar-refractivity contribution >= 4 is 17.4 Å². The van der Waals surface area contributed by atoms with Crippen LogP contribution in [0.25, 0.3) is 0 Å². The van der Waals surface area contributed by atoms with Crippen molar-refractivity contribution in [2.75, 3.05) is 11.4 Å². The molecular weight excluding hydrogens is 202 g/mol. The van der Waals surface area contributed by atoms with Crippen molar-refractivity contribution in [2.24, 2.45) is 5.92 Å². The fraction of sp³-hybridized carbons (Fsp3) is 0.385. The Morgan fingerprint density at radius 3 is 2.44 bits per heavy atom. The summed E-state index contributed by atoms with van der Waals surface area (Å²) in [6, 6.07) is 7.80. The van der Waals surface area contributed by atoms with Crippen LogP contribution in [0.5, 0.6) is 0 Å². The van der Waals surface area contributed by atoms with Gasteiger partial charge in [0.1, 0.15) is 5.78 Å². The molecule has 1 fully saturated rings. The Balaban J connectivity index is 2.20. The van der Waals surface area contributed by atoms with Gasteiger partial charge in [0.05, 0.1) is 0 Å². The van der Waals surface area contributed by atoms with E-state index in [0.29, 0.717) is 13.0 Å². The Labute approximate surface area is 95.1 Å². The molecule has 0 aliphatic carbocycles. The molecule has 1 aliphatic heterocycles. The van der Waals surface area contributed by atoms with Crippen LogP contribution in [0, 0.1) is 12.8 Å². The molecule has 1 amide bonds. The maximum absolute atomic E-state index is 11.7. The minimum atomic E-state index is -0.131. The number of carbonyl (C=O) groups is 2. The summed E-state index contributed by atoms with van der Waals surface area (Å²) in [5.74, 6) is 0.0146. The Morgan fingerprint density at radius 2 is 1.94 bits per heavy atom. The van der Waals surface area contributed by atoms with Crippen LogP contribution in [0.2, 0.25) is 0 Å². The van der Waals surface area contributed by atoms with Crippen LogP contribution in [-0.2, 0) is 9.59 Å². The first-order chi connectivity index (χ1) is 7.58. The molecule has 2 rings (SSSR count). The van der Waals surface area contributed by atoms with E-state index in [-0.39, 0.29) is 17.6 Å². The van der Waals surface area contributed by atoms with Gasteiger partial charge in [-0.2, -0.15) is 0 Å². The van der Waals surface area contributed by atoms with Gasteiger partial charge in [0.2, 0.25) is 5.91 Å². The predicted molar refractivity (Wildman–Crippen MR) is 62.3 cm³/mol. The number of benzene rings is 1. The van der Waals surface area contributed by atoms with Crippen LogP contribution in [-0.4, -0.2) is 18.2 Å². The summed E-state index contributed by atoms with van der Waals surface area (Å²) in [6.45, 7) is 4.09. The number of anilines is 1. The third kappa shape index (κ3) is 1.98. The van der Waals surface area contributed by atoms with Gasteiger partial charge in [-0.3, -0.25) is 9.59 Å². The lowest BCUT2D eigenvalue weighted by atomic mass is 10.1. The van der Waals surface area contributed by atoms with E-state index in [1.807, 2.05) is 31.2 Å². The molecular formula is C13H15NO2. The van der Waals surface area contributed by atoms with Crippen LogP contribution >= 0.6 is 0 Å². The summed E-state index contributed by atoms with van der Waals surface area (Å²) in [5.41, 5.74) is 2.05. The van der Waals surface area contributed by atoms with Gasteiger partial charge in [0.15, 0.2) is 0 Å². The van der Waals surface area contributed by atoms with Crippen molar-refractivity contribution in [1.82, 2.24) is 0 Å². The smallest absolute Gasteiger partial charge is 0.227 e. The number of ketones is 1. The molecule has 3 heteroatoms. The molecule has 0 bridgehead atoms. The van der Waals surface area contributed by atoms with Gasteiger partial charge >= 0.3 is 0 Å². The van der Waals surface area contributed by atoms with Crippen LogP contribution in [0.3, 0.4) is 0 Å². The second kappa shape index (κ2) is 4.08. The van der Waals surface area contributed by atoms with Gasteiger partial charge in [-0.1, -0.05) is 17.7 Å². The van der Waals surface area contributed by atoms with Gasteiger partial charge < -0.3 is 4.90 Å². The average molecular weight is 217 g/mol. The summed E-state index contributed by atoms with van der Waals surface area (Å²) in [6.07, 6.45) is 0.350. The molecule has 1 aliphatic rings. The molecule has 0 spiro atoms. The van der Waals surface area contributed by atoms with Crippen molar-refractivity contribution in [3.8, 4) is 0 Å². The van der Waals surface area contributed by atoms with Gasteiger partial charge in [0, 0.05) is 24.6 Å². The molecule has 0 aromatic heterocycles. The molecule has 1 aromatic rings. The van der Waals surface area contributed by atoms with E-state index in [1.165, 1.54) is 5.56 Å². The first-order valence-corrected chi connectivity index (χ1v) is 5.45. The molecule has 0 radical (unpaired) electrons. The van der Waals surface area contributed by atoms with Crippen molar-refractivity contribution in [2.45, 2.75) is 20.3 Å². The Kier molecular flexibility index (Phi) is 2.77. The normalized spacial score (nSPS) is 20.2. The monoisotopic (exact) mass is 217 g/mol. The van der Waals surface area contributed by atoms with Gasteiger partial charge in [0.25, 0.3) is 0 Å². The topological polar surface area (TPSA) is 37.4 Å². The molecule has 16 heavy (non-hydrogen) atoms. The van der Waals surface area contributed by atoms with Crippen molar-refractivity contribution in [1.29, 1.82) is 0 Å². The molecule has 1 aromatic carbocycles. The first-order valence-electron chi connectivity index (χ1n) is 5.45. The van der Waals surface area contributed by atoms with Crippen molar-refractivity contribution in [3.63, 3.8) is 0 Å². The Morgan fingerprint density at radius 1 is 1.31 bits per heavy atom. The SMILES string of the molecule is CC(=O)[C@H]1CC(=O)N(c2ccc(C)cc2)C1. The number of rotatable bonds is 2. The zero-order chi connectivity index (χ0) is 11.7. The first kappa shape index (κ1) is 10.9. The van der Waals surface area contributed by atoms with Crippen molar-refractivity contribution in [3.05, 3.63) is 29.8 Å². The lowest BCUT2D eigenvalue weighted by Gasteiger charge is -2.16. The molecule has 0 saturated carbocycles. The summed E-state index contributed by atoms with van der Waals surface area (Å²) in [4.78, 5) is 24.7. The number of nitrogens with zero attached hydrogens (tertiary/aromatic N) is 1. The van der Waals surface area contributed by atoms with E-state index in [9.17, 15) is 9.59 Å². The van der Waals surface area contributed by atoms with E-state index in [2.05, 4.69) is 0 Å². The molecule has 1 atom stereocenters. The van der Waals surface area contributed by atoms with E-state index in [1.54, 1.807) is 11.8 Å². The van der Waals surface area contributed by atoms with Gasteiger partial charge in [-0.25, -0.2) is 0 Å². The zero-order valence-corrected chi connectivity index (χ0v) is 9.56. The highest BCUT2D eigenvalue weighted by molar-refractivity contribution is 6.00. The number of Topliss-reactive ketones (excluding diaryl/α,β-unsaturated/α-hetero) is 1. The third-order valence-electron chi connectivity index (χ3n) is 3.05. The third-order valence-corrected chi connectivity index (χ3v) is 3.05. The number of amides is 1. The van der Waals surface area contributed by atoms with Gasteiger partial charge in [-0.15, -0.1) is 0 Å². The van der Waals surface area contributed by atoms with E-state index < -0.39 is 0 Å².